The average Bonchev–Trinajstić information content (AvgIpc) is 0.813. The Morgan fingerprint density at radius 2 is 0.760 bits per heavy atom. The Morgan fingerprint density at radius 1 is 0.440 bits per heavy atom. The second-order valence-electron chi connectivity index (χ2n) is 25.1. The van der Waals surface area contributed by atoms with Crippen molar-refractivity contribution in [3.63, 3.8) is 0 Å². The number of ether oxygens (including phenoxy) is 14. The van der Waals surface area contributed by atoms with Crippen LogP contribution in [0.15, 0.2) is 0 Å². The molecule has 1 radical (unpaired) electrons. The summed E-state index contributed by atoms with van der Waals surface area (Å²) in [4.78, 5) is 10.6. The van der Waals surface area contributed by atoms with Crippen molar-refractivity contribution in [2.24, 2.45) is 28.9 Å². The quantitative estimate of drug-likeness (QED) is 0.0394. The molecule has 0 aromatic heterocycles. The van der Waals surface area contributed by atoms with E-state index in [2.05, 4.69) is 22.5 Å². The summed E-state index contributed by atoms with van der Waals surface area (Å²) in [5.41, 5.74) is 18.6. The molecule has 35 heteroatoms. The summed E-state index contributed by atoms with van der Waals surface area (Å²) in [6.07, 6.45) is -44.0. The fourth-order valence-electron chi connectivity index (χ4n) is 12.7. The number of aliphatic hydroxyl groups is 13. The summed E-state index contributed by atoms with van der Waals surface area (Å²) < 4.78 is 87.6. The van der Waals surface area contributed by atoms with Crippen LogP contribution in [0.5, 0.6) is 0 Å². The molecule has 22 N–H and O–H groups in total. The summed E-state index contributed by atoms with van der Waals surface area (Å²) in [7, 11) is 6.38. The van der Waals surface area contributed by atoms with Crippen molar-refractivity contribution < 1.29 is 170 Å². The summed E-state index contributed by atoms with van der Waals surface area (Å²) in [6, 6.07) is 0. The molecule has 13 rings (SSSR count). The van der Waals surface area contributed by atoms with Crippen molar-refractivity contribution in [3.05, 3.63) is 0 Å². The molecule has 34 unspecified atom stereocenters. The molecule has 12 bridgehead atoms. The van der Waals surface area contributed by atoms with E-state index in [4.69, 9.17) is 72.0 Å². The maximum atomic E-state index is 12.4. The number of likely N-dealkylation sites (N-methyl/N-ethyl adjacent to an activating group) is 1. The molecule has 33 nitrogen and oxygen atoms in total. The monoisotopic (exact) mass is 1550 g/mol. The first-order valence-electron chi connectivity index (χ1n) is 35.5. The van der Waals surface area contributed by atoms with E-state index in [1.165, 1.54) is 21.1 Å². The molecule has 34 atom stereocenters. The minimum absolute atomic E-state index is 0. The Morgan fingerprint density at radius 3 is 1.08 bits per heavy atom. The number of hydrogen-bond acceptors (Lipinski definition) is 34. The molecule has 0 amide bonds. The molecule has 0 aliphatic carbocycles. The summed E-state index contributed by atoms with van der Waals surface area (Å²) >= 11 is 1.68. The SMILES string of the molecule is CCC(C)C1CC(O)C(O)OC2C(CC)OC(OC3C(CC)OC(OC4C(CC)OC(OC5C(CC)OC(OC6C(CC)OC(OC7C(CC)OC(O1)C(O)C7O)C(O)C6O)C(O)C5O)C(O)C4O)C(OCCCSCCCCC[C-]=O)C3O)C(O)C2O.CN.CN.CN.CNCCN.[Y]. The zero-order valence-corrected chi connectivity index (χ0v) is 64.2. The van der Waals surface area contributed by atoms with E-state index in [-0.39, 0.29) is 90.2 Å². The van der Waals surface area contributed by atoms with Crippen molar-refractivity contribution in [2.75, 3.05) is 59.4 Å². The van der Waals surface area contributed by atoms with Crippen molar-refractivity contribution >= 4 is 18.0 Å². The number of thioether (sulfide) groups is 1. The zero-order chi connectivity index (χ0) is 74.4. The van der Waals surface area contributed by atoms with Gasteiger partial charge in [-0.1, -0.05) is 74.7 Å². The number of nitrogens with one attached hydrogen (secondary N) is 1. The van der Waals surface area contributed by atoms with Gasteiger partial charge in [0.2, 0.25) is 0 Å². The van der Waals surface area contributed by atoms with E-state index in [1.807, 2.05) is 20.3 Å². The maximum absolute atomic E-state index is 12.4. The Balaban J connectivity index is 0.00000266. The molecule has 591 valence electrons. The first-order chi connectivity index (χ1) is 47.5. The predicted molar refractivity (Wildman–Crippen MR) is 359 cm³/mol. The van der Waals surface area contributed by atoms with Gasteiger partial charge in [-0.25, -0.2) is 0 Å². The van der Waals surface area contributed by atoms with Crippen LogP contribution in [0.1, 0.15) is 139 Å². The minimum atomic E-state index is -2.02. The molecule has 100 heavy (non-hydrogen) atoms. The fourth-order valence-corrected chi connectivity index (χ4v) is 13.6. The van der Waals surface area contributed by atoms with Gasteiger partial charge in [-0.2, -0.15) is 18.2 Å². The molecule has 0 saturated carbocycles. The van der Waals surface area contributed by atoms with Crippen molar-refractivity contribution in [1.82, 2.24) is 5.32 Å². The average molecular weight is 1550 g/mol. The summed E-state index contributed by atoms with van der Waals surface area (Å²) in [6.45, 7) is 15.6. The molecule has 13 fully saturated rings. The van der Waals surface area contributed by atoms with Gasteiger partial charge in [0.25, 0.3) is 0 Å². The Bertz CT molecular complexity index is 2090. The number of nitrogens with two attached hydrogens (primary N) is 4. The Hall–Kier alpha value is -0.156. The van der Waals surface area contributed by atoms with Gasteiger partial charge in [-0.3, -0.25) is 6.29 Å². The third-order valence-corrected chi connectivity index (χ3v) is 19.7. The predicted octanol–water partition coefficient (Wildman–Crippen LogP) is -3.34. The van der Waals surface area contributed by atoms with Crippen LogP contribution in [0.4, 0.5) is 0 Å². The van der Waals surface area contributed by atoms with E-state index < -0.39 is 203 Å². The van der Waals surface area contributed by atoms with Gasteiger partial charge < -0.3 is 166 Å². The van der Waals surface area contributed by atoms with E-state index >= 15 is 0 Å². The van der Waals surface area contributed by atoms with Gasteiger partial charge in [0.15, 0.2) is 44.0 Å². The van der Waals surface area contributed by atoms with Gasteiger partial charge in [-0.05, 0) is 97.0 Å². The van der Waals surface area contributed by atoms with Gasteiger partial charge in [-0.15, -0.1) is 0 Å². The summed E-state index contributed by atoms with van der Waals surface area (Å²) in [5.74, 6) is 1.13. The summed E-state index contributed by atoms with van der Waals surface area (Å²) in [5, 5.41) is 156. The Labute approximate surface area is 620 Å². The molecule has 0 aromatic carbocycles. The number of unbranched alkanes of at least 4 members (excludes halogenated alkanes) is 3. The molecule has 0 aromatic rings. The van der Waals surface area contributed by atoms with Gasteiger partial charge in [0, 0.05) is 58.8 Å². The second-order valence-corrected chi connectivity index (χ2v) is 26.3. The van der Waals surface area contributed by atoms with E-state index in [0.717, 1.165) is 38.1 Å². The minimum Gasteiger partial charge on any atom is -0.542 e. The van der Waals surface area contributed by atoms with E-state index in [9.17, 15) is 71.2 Å². The van der Waals surface area contributed by atoms with Crippen LogP contribution in [0.3, 0.4) is 0 Å². The maximum Gasteiger partial charge on any atom is 0.187 e. The largest absolute Gasteiger partial charge is 0.542 e. The van der Waals surface area contributed by atoms with Crippen molar-refractivity contribution in [2.45, 2.75) is 342 Å². The third-order valence-electron chi connectivity index (χ3n) is 18.6. The van der Waals surface area contributed by atoms with Crippen molar-refractivity contribution in [1.29, 1.82) is 0 Å². The van der Waals surface area contributed by atoms with E-state index in [1.54, 1.807) is 60.2 Å². The van der Waals surface area contributed by atoms with Crippen LogP contribution in [0.25, 0.3) is 0 Å². The molecule has 13 aliphatic heterocycles. The van der Waals surface area contributed by atoms with Crippen LogP contribution in [0.2, 0.25) is 0 Å². The second kappa shape index (κ2) is 50.5. The molecule has 0 spiro atoms. The first kappa shape index (κ1) is 95.9. The molecular formula is C65H128N5O28SY-. The normalized spacial score (nSPS) is 42.9. The van der Waals surface area contributed by atoms with Crippen LogP contribution in [0, 0.1) is 5.92 Å². The van der Waals surface area contributed by atoms with Crippen LogP contribution < -0.4 is 28.3 Å². The molecule has 13 heterocycles. The van der Waals surface area contributed by atoms with Gasteiger partial charge in [0.1, 0.15) is 116 Å². The zero-order valence-electron chi connectivity index (χ0n) is 60.6. The molecule has 13 saturated heterocycles. The molecular weight excluding hydrogens is 1420 g/mol. The van der Waals surface area contributed by atoms with E-state index in [0.29, 0.717) is 25.0 Å². The first-order valence-corrected chi connectivity index (χ1v) is 36.7. The molecule has 13 aliphatic rings. The van der Waals surface area contributed by atoms with Crippen LogP contribution >= 0.6 is 11.8 Å². The van der Waals surface area contributed by atoms with Crippen molar-refractivity contribution in [3.8, 4) is 0 Å². The fraction of sp³-hybridized carbons (Fsp3) is 0.985. The van der Waals surface area contributed by atoms with Gasteiger partial charge >= 0.3 is 0 Å². The van der Waals surface area contributed by atoms with Crippen LogP contribution in [-0.2, 0) is 104 Å². The van der Waals surface area contributed by atoms with Gasteiger partial charge in [0.05, 0.1) is 42.7 Å². The third kappa shape index (κ3) is 26.0. The number of fused-ring (bicyclic) bond motifs is 6. The van der Waals surface area contributed by atoms with Crippen LogP contribution in [-0.4, -0.2) is 335 Å². The smallest absolute Gasteiger partial charge is 0.187 e. The standard InChI is InChI=1S/C59H103O28S.C3H10N2.3CH5N.Y/c1-9-26(8)34-25-27(61)53(73)82-46-28(10-2)76-58(41(68)35(46)62)86-51-33(15-7)80-59(52(45(51)72)74-22-20-24-88-23-19-17-16-18-21-60)87-50-32(14-6)79-57(44(71)39(50)66)85-49-31(13-5)78-56(43(70)38(49)65)84-48-30(12-4)77-55(42(69)37(48)64)83-47-29(11-3)75-54(81-34)40(67)36(47)63;1-5-3-2-4;3*1-2;/h26-59,61-73H,9-20,22-25H2,1-8H3;5H,2-4H2,1H3;3*2H2,1H3;/q-1;;;;;. The number of hydrogen-bond donors (Lipinski definition) is 18. The topological polar surface area (TPSA) is 525 Å². The Kier molecular flexibility index (Phi) is 48.5. The number of aliphatic hydroxyl groups excluding tert-OH is 13. The number of carbonyl (C=O) groups excluding carboxylic acids is 1. The number of rotatable bonds is 21.